The monoisotopic (exact) mass is 350 g/mol. The summed E-state index contributed by atoms with van der Waals surface area (Å²) >= 11 is 1.37. The lowest BCUT2D eigenvalue weighted by molar-refractivity contribution is -0.129. The number of H-pyrrole nitrogens is 1. The highest BCUT2D eigenvalue weighted by Gasteiger charge is 2.23. The molecule has 3 heterocycles. The molecule has 1 aliphatic rings. The number of nitrogens with one attached hydrogen (secondary N) is 1. The molecule has 1 N–H and O–H groups in total. The zero-order valence-electron chi connectivity index (χ0n) is 13.7. The lowest BCUT2D eigenvalue weighted by atomic mass is 10.3. The number of thioether (sulfide) groups is 1. The summed E-state index contributed by atoms with van der Waals surface area (Å²) in [4.78, 5) is 18.7. The minimum absolute atomic E-state index is 0.0310. The summed E-state index contributed by atoms with van der Waals surface area (Å²) in [5, 5.41) is 11.8. The number of hydrogen-bond acceptors (Lipinski definition) is 6. The SMILES string of the molecule is CCc1nc(SCC(=O)N2CCCOC(Cn3cccn3)C2)n[nH]1. The topological polar surface area (TPSA) is 88.9 Å². The van der Waals surface area contributed by atoms with Gasteiger partial charge in [-0.15, -0.1) is 5.10 Å². The van der Waals surface area contributed by atoms with E-state index >= 15 is 0 Å². The minimum atomic E-state index is -0.0310. The second-order valence-corrected chi connectivity index (χ2v) is 6.56. The highest BCUT2D eigenvalue weighted by molar-refractivity contribution is 7.99. The summed E-state index contributed by atoms with van der Waals surface area (Å²) in [5.74, 6) is 1.28. The van der Waals surface area contributed by atoms with Crippen LogP contribution in [0.2, 0.25) is 0 Å². The first kappa shape index (κ1) is 17.0. The molecule has 130 valence electrons. The van der Waals surface area contributed by atoms with Crippen LogP contribution in [0.15, 0.2) is 23.6 Å². The highest BCUT2D eigenvalue weighted by Crippen LogP contribution is 2.15. The van der Waals surface area contributed by atoms with Crippen molar-refractivity contribution in [2.75, 3.05) is 25.4 Å². The van der Waals surface area contributed by atoms with Crippen LogP contribution in [0.1, 0.15) is 19.2 Å². The van der Waals surface area contributed by atoms with Crippen molar-refractivity contribution in [1.29, 1.82) is 0 Å². The Morgan fingerprint density at radius 3 is 3.21 bits per heavy atom. The summed E-state index contributed by atoms with van der Waals surface area (Å²) in [5.41, 5.74) is 0. The zero-order chi connectivity index (χ0) is 16.8. The van der Waals surface area contributed by atoms with Crippen LogP contribution >= 0.6 is 11.8 Å². The van der Waals surface area contributed by atoms with E-state index in [0.717, 1.165) is 25.2 Å². The number of rotatable bonds is 6. The van der Waals surface area contributed by atoms with Crippen LogP contribution in [-0.2, 0) is 22.5 Å². The average Bonchev–Trinajstić information content (AvgIpc) is 3.21. The molecule has 8 nitrogen and oxygen atoms in total. The van der Waals surface area contributed by atoms with E-state index in [2.05, 4.69) is 20.3 Å². The van der Waals surface area contributed by atoms with E-state index < -0.39 is 0 Å². The number of nitrogens with zero attached hydrogens (tertiary/aromatic N) is 5. The number of aromatic nitrogens is 5. The van der Waals surface area contributed by atoms with Gasteiger partial charge in [0.2, 0.25) is 11.1 Å². The Kier molecular flexibility index (Phi) is 5.86. The molecule has 1 saturated heterocycles. The van der Waals surface area contributed by atoms with Gasteiger partial charge in [0.05, 0.1) is 18.4 Å². The van der Waals surface area contributed by atoms with Crippen molar-refractivity contribution in [3.8, 4) is 0 Å². The lowest BCUT2D eigenvalue weighted by Crippen LogP contribution is -2.39. The largest absolute Gasteiger partial charge is 0.374 e. The van der Waals surface area contributed by atoms with Gasteiger partial charge in [-0.3, -0.25) is 14.6 Å². The number of carbonyl (C=O) groups is 1. The number of ether oxygens (including phenoxy) is 1. The van der Waals surface area contributed by atoms with Crippen LogP contribution in [0.25, 0.3) is 0 Å². The van der Waals surface area contributed by atoms with Gasteiger partial charge in [-0.1, -0.05) is 18.7 Å². The van der Waals surface area contributed by atoms with Crippen LogP contribution in [0.5, 0.6) is 0 Å². The molecule has 0 saturated carbocycles. The van der Waals surface area contributed by atoms with Crippen LogP contribution in [0.3, 0.4) is 0 Å². The molecule has 0 aliphatic carbocycles. The van der Waals surface area contributed by atoms with Crippen molar-refractivity contribution in [2.45, 2.75) is 37.6 Å². The van der Waals surface area contributed by atoms with Crippen LogP contribution in [-0.4, -0.2) is 67.3 Å². The molecule has 1 atom stereocenters. The van der Waals surface area contributed by atoms with Gasteiger partial charge in [-0.25, -0.2) is 4.98 Å². The summed E-state index contributed by atoms with van der Waals surface area (Å²) in [6, 6.07) is 1.89. The Labute approximate surface area is 145 Å². The van der Waals surface area contributed by atoms with Crippen molar-refractivity contribution >= 4 is 17.7 Å². The average molecular weight is 350 g/mol. The normalized spacial score (nSPS) is 18.5. The smallest absolute Gasteiger partial charge is 0.233 e. The standard InChI is InChI=1S/C15H22N6O2S/c1-2-13-17-15(19-18-13)24-11-14(22)20-6-4-8-23-12(9-20)10-21-7-3-5-16-21/h3,5,7,12H,2,4,6,8-11H2,1H3,(H,17,18,19). The molecule has 1 unspecified atom stereocenters. The Morgan fingerprint density at radius 1 is 1.54 bits per heavy atom. The molecule has 2 aromatic rings. The van der Waals surface area contributed by atoms with Crippen molar-refractivity contribution < 1.29 is 9.53 Å². The minimum Gasteiger partial charge on any atom is -0.374 e. The maximum Gasteiger partial charge on any atom is 0.233 e. The molecule has 0 spiro atoms. The van der Waals surface area contributed by atoms with E-state index in [0.29, 0.717) is 30.6 Å². The Balaban J connectivity index is 1.52. The molecule has 0 aromatic carbocycles. The molecule has 2 aromatic heterocycles. The quantitative estimate of drug-likeness (QED) is 0.781. The van der Waals surface area contributed by atoms with Gasteiger partial charge in [0, 0.05) is 38.5 Å². The number of aromatic amines is 1. The number of amides is 1. The third-order valence-corrected chi connectivity index (χ3v) is 4.66. The second-order valence-electron chi connectivity index (χ2n) is 5.62. The second kappa shape index (κ2) is 8.29. The van der Waals surface area contributed by atoms with Crippen LogP contribution < -0.4 is 0 Å². The maximum absolute atomic E-state index is 12.5. The van der Waals surface area contributed by atoms with Gasteiger partial charge in [0.1, 0.15) is 5.82 Å². The van der Waals surface area contributed by atoms with Crippen molar-refractivity contribution in [3.05, 3.63) is 24.3 Å². The lowest BCUT2D eigenvalue weighted by Gasteiger charge is -2.23. The summed E-state index contributed by atoms with van der Waals surface area (Å²) in [6.45, 7) is 4.65. The first-order valence-electron chi connectivity index (χ1n) is 8.15. The van der Waals surface area contributed by atoms with Gasteiger partial charge in [-0.2, -0.15) is 5.10 Å². The van der Waals surface area contributed by atoms with Crippen LogP contribution in [0, 0.1) is 0 Å². The van der Waals surface area contributed by atoms with Gasteiger partial charge in [0.15, 0.2) is 0 Å². The summed E-state index contributed by atoms with van der Waals surface area (Å²) in [7, 11) is 0. The van der Waals surface area contributed by atoms with E-state index in [1.54, 1.807) is 6.20 Å². The van der Waals surface area contributed by atoms with Crippen LogP contribution in [0.4, 0.5) is 0 Å². The van der Waals surface area contributed by atoms with Gasteiger partial charge in [0.25, 0.3) is 0 Å². The van der Waals surface area contributed by atoms with E-state index in [1.165, 1.54) is 11.8 Å². The first-order valence-corrected chi connectivity index (χ1v) is 9.14. The fourth-order valence-corrected chi connectivity index (χ4v) is 3.29. The predicted octanol–water partition coefficient (Wildman–Crippen LogP) is 0.973. The molecule has 1 aliphatic heterocycles. The summed E-state index contributed by atoms with van der Waals surface area (Å²) in [6.07, 6.45) is 5.28. The molecule has 0 radical (unpaired) electrons. The molecule has 9 heteroatoms. The molecule has 3 rings (SSSR count). The third-order valence-electron chi connectivity index (χ3n) is 3.82. The molecular formula is C15H22N6O2S. The zero-order valence-corrected chi connectivity index (χ0v) is 14.5. The van der Waals surface area contributed by atoms with Crippen molar-refractivity contribution in [2.24, 2.45) is 0 Å². The Hall–Kier alpha value is -1.87. The van der Waals surface area contributed by atoms with Crippen molar-refractivity contribution in [3.63, 3.8) is 0 Å². The fraction of sp³-hybridized carbons (Fsp3) is 0.600. The fourth-order valence-electron chi connectivity index (χ4n) is 2.57. The van der Waals surface area contributed by atoms with E-state index in [1.807, 2.05) is 28.8 Å². The van der Waals surface area contributed by atoms with Gasteiger partial charge >= 0.3 is 0 Å². The highest BCUT2D eigenvalue weighted by atomic mass is 32.2. The van der Waals surface area contributed by atoms with E-state index in [-0.39, 0.29) is 12.0 Å². The first-order chi connectivity index (χ1) is 11.7. The van der Waals surface area contributed by atoms with E-state index in [9.17, 15) is 4.79 Å². The maximum atomic E-state index is 12.5. The third kappa shape index (κ3) is 4.57. The molecule has 1 amide bonds. The predicted molar refractivity (Wildman–Crippen MR) is 89.6 cm³/mol. The van der Waals surface area contributed by atoms with E-state index in [4.69, 9.17) is 4.74 Å². The molecular weight excluding hydrogens is 328 g/mol. The number of carbonyl (C=O) groups excluding carboxylic acids is 1. The number of hydrogen-bond donors (Lipinski definition) is 1. The van der Waals surface area contributed by atoms with Gasteiger partial charge < -0.3 is 9.64 Å². The molecule has 24 heavy (non-hydrogen) atoms. The van der Waals surface area contributed by atoms with Gasteiger partial charge in [-0.05, 0) is 12.5 Å². The number of aryl methyl sites for hydroxylation is 1. The molecule has 1 fully saturated rings. The Bertz CT molecular complexity index is 644. The summed E-state index contributed by atoms with van der Waals surface area (Å²) < 4.78 is 7.69. The van der Waals surface area contributed by atoms with Crippen molar-refractivity contribution in [1.82, 2.24) is 29.9 Å². The molecule has 0 bridgehead atoms. The Morgan fingerprint density at radius 2 is 2.46 bits per heavy atom.